The van der Waals surface area contributed by atoms with Gasteiger partial charge in [0.05, 0.1) is 19.3 Å². The molecule has 0 radical (unpaired) electrons. The topological polar surface area (TPSA) is 72.5 Å². The fourth-order valence-electron chi connectivity index (χ4n) is 1.65. The van der Waals surface area contributed by atoms with Crippen LogP contribution in [-0.4, -0.2) is 18.1 Å². The number of guanidine groups is 1. The van der Waals surface area contributed by atoms with Crippen molar-refractivity contribution < 1.29 is 4.74 Å². The summed E-state index contributed by atoms with van der Waals surface area (Å²) in [6, 6.07) is 7.53. The normalized spacial score (nSPS) is 11.4. The Morgan fingerprint density at radius 1 is 1.45 bits per heavy atom. The minimum atomic E-state index is 0.365. The standard InChI is InChI=1S/C14H18N4OS/c1-9-10(2)20-13(17-9)8-16-14(15)18-11-5-4-6-12(7-11)19-3/h4-7H,8H2,1-3H3,(H3,15,16,18). The van der Waals surface area contributed by atoms with Crippen LogP contribution in [0, 0.1) is 13.8 Å². The first kappa shape index (κ1) is 14.3. The first-order chi connectivity index (χ1) is 9.58. The highest BCUT2D eigenvalue weighted by atomic mass is 32.1. The number of nitrogens with one attached hydrogen (secondary N) is 1. The van der Waals surface area contributed by atoms with Crippen LogP contribution in [0.1, 0.15) is 15.6 Å². The third-order valence-electron chi connectivity index (χ3n) is 2.80. The maximum absolute atomic E-state index is 5.86. The van der Waals surface area contributed by atoms with E-state index in [0.29, 0.717) is 12.5 Å². The van der Waals surface area contributed by atoms with Crippen LogP contribution in [0.2, 0.25) is 0 Å². The molecular formula is C14H18N4OS. The Kier molecular flexibility index (Phi) is 4.57. The van der Waals surface area contributed by atoms with Crippen LogP contribution in [0.4, 0.5) is 5.69 Å². The predicted octanol–water partition coefficient (Wildman–Crippen LogP) is 2.70. The van der Waals surface area contributed by atoms with Crippen molar-refractivity contribution in [2.45, 2.75) is 20.4 Å². The fourth-order valence-corrected chi connectivity index (χ4v) is 2.51. The summed E-state index contributed by atoms with van der Waals surface area (Å²) in [6.45, 7) is 4.54. The van der Waals surface area contributed by atoms with Gasteiger partial charge in [0.25, 0.3) is 0 Å². The van der Waals surface area contributed by atoms with E-state index >= 15 is 0 Å². The summed E-state index contributed by atoms with van der Waals surface area (Å²) < 4.78 is 5.15. The number of aromatic nitrogens is 1. The number of ether oxygens (including phenoxy) is 1. The lowest BCUT2D eigenvalue weighted by atomic mass is 10.3. The van der Waals surface area contributed by atoms with Crippen LogP contribution in [0.25, 0.3) is 0 Å². The SMILES string of the molecule is COc1cccc(NC(N)=NCc2nc(C)c(C)s2)c1. The minimum Gasteiger partial charge on any atom is -0.497 e. The Morgan fingerprint density at radius 2 is 2.25 bits per heavy atom. The van der Waals surface area contributed by atoms with Gasteiger partial charge in [-0.1, -0.05) is 6.07 Å². The van der Waals surface area contributed by atoms with Gasteiger partial charge in [-0.05, 0) is 26.0 Å². The average Bonchev–Trinajstić information content (AvgIpc) is 2.76. The van der Waals surface area contributed by atoms with Crippen LogP contribution >= 0.6 is 11.3 Å². The second-order valence-electron chi connectivity index (χ2n) is 4.31. The summed E-state index contributed by atoms with van der Waals surface area (Å²) in [6.07, 6.45) is 0. The lowest BCUT2D eigenvalue weighted by Crippen LogP contribution is -2.22. The summed E-state index contributed by atoms with van der Waals surface area (Å²) in [5.74, 6) is 1.14. The van der Waals surface area contributed by atoms with Crippen molar-refractivity contribution in [1.82, 2.24) is 4.98 Å². The number of nitrogens with zero attached hydrogens (tertiary/aromatic N) is 2. The van der Waals surface area contributed by atoms with Crippen molar-refractivity contribution in [3.8, 4) is 5.75 Å². The first-order valence-electron chi connectivity index (χ1n) is 6.22. The van der Waals surface area contributed by atoms with E-state index in [0.717, 1.165) is 22.1 Å². The van der Waals surface area contributed by atoms with Crippen molar-refractivity contribution in [2.24, 2.45) is 10.7 Å². The smallest absolute Gasteiger partial charge is 0.193 e. The molecule has 0 amide bonds. The van der Waals surface area contributed by atoms with E-state index < -0.39 is 0 Å². The third kappa shape index (κ3) is 3.71. The molecule has 0 unspecified atom stereocenters. The Bertz CT molecular complexity index is 602. The van der Waals surface area contributed by atoms with Crippen molar-refractivity contribution >= 4 is 23.0 Å². The van der Waals surface area contributed by atoms with E-state index in [9.17, 15) is 0 Å². The largest absolute Gasteiger partial charge is 0.497 e. The van der Waals surface area contributed by atoms with E-state index in [1.165, 1.54) is 4.88 Å². The molecule has 0 spiro atoms. The number of benzene rings is 1. The van der Waals surface area contributed by atoms with Gasteiger partial charge in [-0.2, -0.15) is 0 Å². The van der Waals surface area contributed by atoms with E-state index in [-0.39, 0.29) is 0 Å². The molecule has 2 rings (SSSR count). The van der Waals surface area contributed by atoms with E-state index in [1.54, 1.807) is 18.4 Å². The van der Waals surface area contributed by atoms with Crippen LogP contribution in [0.15, 0.2) is 29.3 Å². The van der Waals surface area contributed by atoms with Gasteiger partial charge in [-0.15, -0.1) is 11.3 Å². The van der Waals surface area contributed by atoms with Crippen molar-refractivity contribution in [1.29, 1.82) is 0 Å². The van der Waals surface area contributed by atoms with Gasteiger partial charge in [-0.3, -0.25) is 0 Å². The van der Waals surface area contributed by atoms with Gasteiger partial charge in [0.2, 0.25) is 0 Å². The van der Waals surface area contributed by atoms with Crippen molar-refractivity contribution in [2.75, 3.05) is 12.4 Å². The van der Waals surface area contributed by atoms with E-state index in [4.69, 9.17) is 10.5 Å². The second-order valence-corrected chi connectivity index (χ2v) is 5.60. The number of hydrogen-bond donors (Lipinski definition) is 2. The van der Waals surface area contributed by atoms with Gasteiger partial charge >= 0.3 is 0 Å². The highest BCUT2D eigenvalue weighted by molar-refractivity contribution is 7.11. The minimum absolute atomic E-state index is 0.365. The van der Waals surface area contributed by atoms with Gasteiger partial charge < -0.3 is 15.8 Å². The van der Waals surface area contributed by atoms with Gasteiger partial charge in [-0.25, -0.2) is 9.98 Å². The summed E-state index contributed by atoms with van der Waals surface area (Å²) in [4.78, 5) is 9.93. The molecule has 5 nitrogen and oxygen atoms in total. The number of hydrogen-bond acceptors (Lipinski definition) is 4. The number of rotatable bonds is 4. The number of aryl methyl sites for hydroxylation is 2. The van der Waals surface area contributed by atoms with Crippen LogP contribution in [-0.2, 0) is 6.54 Å². The third-order valence-corrected chi connectivity index (χ3v) is 3.86. The lowest BCUT2D eigenvalue weighted by molar-refractivity contribution is 0.415. The molecule has 106 valence electrons. The first-order valence-corrected chi connectivity index (χ1v) is 7.04. The molecule has 0 aliphatic rings. The second kappa shape index (κ2) is 6.38. The summed E-state index contributed by atoms with van der Waals surface area (Å²) in [5.41, 5.74) is 7.76. The van der Waals surface area contributed by atoms with E-state index in [1.807, 2.05) is 31.2 Å². The highest BCUT2D eigenvalue weighted by Gasteiger charge is 2.03. The Labute approximate surface area is 122 Å². The number of thiazole rings is 1. The summed E-state index contributed by atoms with van der Waals surface area (Å²) in [5, 5.41) is 4.00. The van der Waals surface area contributed by atoms with Crippen molar-refractivity contribution in [3.05, 3.63) is 39.8 Å². The zero-order valence-electron chi connectivity index (χ0n) is 11.8. The molecule has 2 aromatic rings. The van der Waals surface area contributed by atoms with Gasteiger partial charge in [0.1, 0.15) is 10.8 Å². The Balaban J connectivity index is 1.99. The number of anilines is 1. The molecule has 1 heterocycles. The van der Waals surface area contributed by atoms with Crippen LogP contribution in [0.5, 0.6) is 5.75 Å². The molecule has 6 heteroatoms. The molecule has 20 heavy (non-hydrogen) atoms. The Morgan fingerprint density at radius 3 is 2.90 bits per heavy atom. The maximum Gasteiger partial charge on any atom is 0.193 e. The Hall–Kier alpha value is -2.08. The molecule has 1 aromatic heterocycles. The summed E-state index contributed by atoms with van der Waals surface area (Å²) in [7, 11) is 1.63. The van der Waals surface area contributed by atoms with Crippen LogP contribution in [0.3, 0.4) is 0 Å². The average molecular weight is 290 g/mol. The molecule has 0 saturated heterocycles. The van der Waals surface area contributed by atoms with Crippen LogP contribution < -0.4 is 15.8 Å². The number of nitrogens with two attached hydrogens (primary N) is 1. The summed E-state index contributed by atoms with van der Waals surface area (Å²) >= 11 is 1.65. The van der Waals surface area contributed by atoms with Gasteiger partial charge in [0.15, 0.2) is 5.96 Å². The quantitative estimate of drug-likeness (QED) is 0.671. The molecule has 0 aliphatic heterocycles. The predicted molar refractivity (Wildman–Crippen MR) is 83.5 cm³/mol. The zero-order valence-corrected chi connectivity index (χ0v) is 12.6. The molecule has 0 atom stereocenters. The number of methoxy groups -OCH3 is 1. The molecule has 1 aromatic carbocycles. The molecule has 0 saturated carbocycles. The van der Waals surface area contributed by atoms with Crippen molar-refractivity contribution in [3.63, 3.8) is 0 Å². The maximum atomic E-state index is 5.86. The fraction of sp³-hybridized carbons (Fsp3) is 0.286. The van der Waals surface area contributed by atoms with E-state index in [2.05, 4.69) is 22.2 Å². The lowest BCUT2D eigenvalue weighted by Gasteiger charge is -2.06. The molecule has 0 fully saturated rings. The highest BCUT2D eigenvalue weighted by Crippen LogP contribution is 2.18. The van der Waals surface area contributed by atoms with Gasteiger partial charge in [0, 0.05) is 16.6 Å². The molecule has 3 N–H and O–H groups in total. The zero-order chi connectivity index (χ0) is 14.5. The molecular weight excluding hydrogens is 272 g/mol. The molecule has 0 bridgehead atoms. The number of aliphatic imine (C=N–C) groups is 1. The molecule has 0 aliphatic carbocycles. The monoisotopic (exact) mass is 290 g/mol.